The van der Waals surface area contributed by atoms with Crippen molar-refractivity contribution in [3.8, 4) is 0 Å². The van der Waals surface area contributed by atoms with Crippen LogP contribution in [0.4, 0.5) is 10.1 Å². The molecule has 1 saturated heterocycles. The van der Waals surface area contributed by atoms with Gasteiger partial charge in [0.05, 0.1) is 18.4 Å². The fourth-order valence-electron chi connectivity index (χ4n) is 2.08. The van der Waals surface area contributed by atoms with E-state index in [0.717, 1.165) is 6.07 Å². The Balaban J connectivity index is 2.18. The molecule has 0 bridgehead atoms. The number of hydrogen-bond donors (Lipinski definition) is 2. The maximum Gasteiger partial charge on any atom is 0.337 e. The first-order valence-corrected chi connectivity index (χ1v) is 6.52. The minimum absolute atomic E-state index is 0.0979. The molecule has 7 heteroatoms. The van der Waals surface area contributed by atoms with E-state index in [1.807, 2.05) is 0 Å². The number of halogens is 1. The van der Waals surface area contributed by atoms with E-state index < -0.39 is 23.2 Å². The van der Waals surface area contributed by atoms with Crippen LogP contribution in [-0.2, 0) is 14.3 Å². The van der Waals surface area contributed by atoms with E-state index in [2.05, 4.69) is 10.1 Å². The molecule has 21 heavy (non-hydrogen) atoms. The lowest BCUT2D eigenvalue weighted by Gasteiger charge is -2.31. The second-order valence-corrected chi connectivity index (χ2v) is 4.91. The molecule has 1 aromatic rings. The normalized spacial score (nSPS) is 17.1. The van der Waals surface area contributed by atoms with Crippen molar-refractivity contribution in [3.05, 3.63) is 29.6 Å². The molecule has 0 atom stereocenters. The van der Waals surface area contributed by atoms with Crippen molar-refractivity contribution in [3.63, 3.8) is 0 Å². The summed E-state index contributed by atoms with van der Waals surface area (Å²) in [7, 11) is 1.22. The zero-order valence-electron chi connectivity index (χ0n) is 11.6. The second-order valence-electron chi connectivity index (χ2n) is 4.91. The second kappa shape index (κ2) is 6.19. The maximum absolute atomic E-state index is 13.8. The van der Waals surface area contributed by atoms with Crippen LogP contribution in [0.3, 0.4) is 0 Å². The summed E-state index contributed by atoms with van der Waals surface area (Å²) in [6.07, 6.45) is 0.717. The van der Waals surface area contributed by atoms with Gasteiger partial charge in [0.15, 0.2) is 0 Å². The van der Waals surface area contributed by atoms with Gasteiger partial charge in [-0.3, -0.25) is 4.79 Å². The third-order valence-corrected chi connectivity index (χ3v) is 3.47. The highest BCUT2D eigenvalue weighted by Crippen LogP contribution is 2.22. The summed E-state index contributed by atoms with van der Waals surface area (Å²) in [5, 5.41) is 2.44. The van der Waals surface area contributed by atoms with Gasteiger partial charge in [-0.15, -0.1) is 0 Å². The number of anilines is 1. The van der Waals surface area contributed by atoms with Crippen LogP contribution in [0.2, 0.25) is 0 Å². The van der Waals surface area contributed by atoms with Crippen molar-refractivity contribution in [2.75, 3.05) is 25.6 Å². The Morgan fingerprint density at radius 1 is 1.38 bits per heavy atom. The predicted molar refractivity (Wildman–Crippen MR) is 73.3 cm³/mol. The largest absolute Gasteiger partial charge is 0.465 e. The number of benzene rings is 1. The van der Waals surface area contributed by atoms with Crippen LogP contribution >= 0.6 is 0 Å². The summed E-state index contributed by atoms with van der Waals surface area (Å²) in [6, 6.07) is 3.60. The first-order valence-electron chi connectivity index (χ1n) is 6.52. The molecular weight excluding hydrogens is 279 g/mol. The van der Waals surface area contributed by atoms with Gasteiger partial charge in [-0.05, 0) is 31.0 Å². The smallest absolute Gasteiger partial charge is 0.337 e. The molecule has 1 amide bonds. The average molecular weight is 296 g/mol. The number of nitrogens with two attached hydrogens (primary N) is 1. The summed E-state index contributed by atoms with van der Waals surface area (Å²) in [4.78, 5) is 23.6. The molecule has 1 fully saturated rings. The lowest BCUT2D eigenvalue weighted by Crippen LogP contribution is -2.54. The Kier molecular flexibility index (Phi) is 4.54. The summed E-state index contributed by atoms with van der Waals surface area (Å²) in [6.45, 7) is 0.767. The number of esters is 1. The van der Waals surface area contributed by atoms with Crippen molar-refractivity contribution < 1.29 is 23.5 Å². The molecule has 1 aliphatic rings. The molecule has 114 valence electrons. The van der Waals surface area contributed by atoms with Crippen LogP contribution in [0.25, 0.3) is 0 Å². The highest BCUT2D eigenvalue weighted by Gasteiger charge is 2.36. The van der Waals surface area contributed by atoms with Crippen LogP contribution in [0.1, 0.15) is 23.2 Å². The minimum atomic E-state index is -1.09. The van der Waals surface area contributed by atoms with Crippen molar-refractivity contribution in [2.45, 2.75) is 18.4 Å². The Bertz CT molecular complexity index is 556. The standard InChI is InChI=1S/C14H17FN2O4/c1-20-12(18)9-2-3-10(15)11(8-9)17-13(19)14(16)4-6-21-7-5-14/h2-3,8H,4-7,16H2,1H3,(H,17,19). The van der Waals surface area contributed by atoms with Gasteiger partial charge in [0.25, 0.3) is 0 Å². The number of carbonyl (C=O) groups excluding carboxylic acids is 2. The zero-order chi connectivity index (χ0) is 15.5. The lowest BCUT2D eigenvalue weighted by atomic mass is 9.90. The van der Waals surface area contributed by atoms with Gasteiger partial charge in [0, 0.05) is 13.2 Å². The van der Waals surface area contributed by atoms with E-state index >= 15 is 0 Å². The molecule has 2 rings (SSSR count). The molecule has 1 aliphatic heterocycles. The van der Waals surface area contributed by atoms with Crippen LogP contribution in [0.15, 0.2) is 18.2 Å². The molecule has 0 unspecified atom stereocenters. The van der Waals surface area contributed by atoms with Crippen molar-refractivity contribution in [2.24, 2.45) is 5.73 Å². The molecule has 3 N–H and O–H groups in total. The SMILES string of the molecule is COC(=O)c1ccc(F)c(NC(=O)C2(N)CCOCC2)c1. The minimum Gasteiger partial charge on any atom is -0.465 e. The van der Waals surface area contributed by atoms with Crippen LogP contribution < -0.4 is 11.1 Å². The quantitative estimate of drug-likeness (QED) is 0.814. The summed E-state index contributed by atoms with van der Waals surface area (Å²) < 4.78 is 23.5. The number of nitrogens with one attached hydrogen (secondary N) is 1. The molecular formula is C14H17FN2O4. The van der Waals surface area contributed by atoms with Crippen LogP contribution in [-0.4, -0.2) is 37.7 Å². The van der Waals surface area contributed by atoms with E-state index in [-0.39, 0.29) is 11.3 Å². The fourth-order valence-corrected chi connectivity index (χ4v) is 2.08. The third-order valence-electron chi connectivity index (χ3n) is 3.47. The molecule has 0 saturated carbocycles. The summed E-state index contributed by atoms with van der Waals surface area (Å²) >= 11 is 0. The molecule has 6 nitrogen and oxygen atoms in total. The Labute approximate surface area is 121 Å². The molecule has 0 aliphatic carbocycles. The molecule has 0 spiro atoms. The van der Waals surface area contributed by atoms with Gasteiger partial charge < -0.3 is 20.5 Å². The first-order chi connectivity index (χ1) is 9.96. The number of amides is 1. The maximum atomic E-state index is 13.8. The van der Waals surface area contributed by atoms with Gasteiger partial charge in [0.1, 0.15) is 11.4 Å². The van der Waals surface area contributed by atoms with Gasteiger partial charge >= 0.3 is 5.97 Å². The Hall–Kier alpha value is -1.99. The van der Waals surface area contributed by atoms with Crippen LogP contribution in [0, 0.1) is 5.82 Å². The topological polar surface area (TPSA) is 90.7 Å². The summed E-state index contributed by atoms with van der Waals surface area (Å²) in [5.41, 5.74) is 4.97. The van der Waals surface area contributed by atoms with E-state index in [9.17, 15) is 14.0 Å². The van der Waals surface area contributed by atoms with Crippen molar-refractivity contribution >= 4 is 17.6 Å². The van der Waals surface area contributed by atoms with Gasteiger partial charge in [0.2, 0.25) is 5.91 Å². The zero-order valence-corrected chi connectivity index (χ0v) is 11.6. The number of methoxy groups -OCH3 is 1. The Morgan fingerprint density at radius 2 is 2.05 bits per heavy atom. The van der Waals surface area contributed by atoms with Gasteiger partial charge in [-0.25, -0.2) is 9.18 Å². The highest BCUT2D eigenvalue weighted by atomic mass is 19.1. The van der Waals surface area contributed by atoms with E-state index in [4.69, 9.17) is 10.5 Å². The van der Waals surface area contributed by atoms with E-state index in [1.165, 1.54) is 19.2 Å². The molecule has 1 aromatic carbocycles. The Morgan fingerprint density at radius 3 is 2.67 bits per heavy atom. The van der Waals surface area contributed by atoms with Gasteiger partial charge in [-0.2, -0.15) is 0 Å². The molecule has 0 radical (unpaired) electrons. The molecule has 0 aromatic heterocycles. The number of carbonyl (C=O) groups is 2. The van der Waals surface area contributed by atoms with Crippen LogP contribution in [0.5, 0.6) is 0 Å². The van der Waals surface area contributed by atoms with Crippen molar-refractivity contribution in [1.82, 2.24) is 0 Å². The number of ether oxygens (including phenoxy) is 2. The highest BCUT2D eigenvalue weighted by molar-refractivity contribution is 5.99. The summed E-state index contributed by atoms with van der Waals surface area (Å²) in [5.74, 6) is -1.75. The number of rotatable bonds is 3. The average Bonchev–Trinajstić information content (AvgIpc) is 2.49. The fraction of sp³-hybridized carbons (Fsp3) is 0.429. The third kappa shape index (κ3) is 3.37. The molecule has 1 heterocycles. The van der Waals surface area contributed by atoms with E-state index in [1.54, 1.807) is 0 Å². The lowest BCUT2D eigenvalue weighted by molar-refractivity contribution is -0.124. The predicted octanol–water partition coefficient (Wildman–Crippen LogP) is 1.06. The number of hydrogen-bond acceptors (Lipinski definition) is 5. The van der Waals surface area contributed by atoms with Crippen molar-refractivity contribution in [1.29, 1.82) is 0 Å². The van der Waals surface area contributed by atoms with E-state index in [0.29, 0.717) is 26.1 Å². The first kappa shape index (κ1) is 15.4. The monoisotopic (exact) mass is 296 g/mol. The van der Waals surface area contributed by atoms with Gasteiger partial charge in [-0.1, -0.05) is 0 Å².